The largest absolute Gasteiger partial charge is 0.350 e. The first kappa shape index (κ1) is 13.3. The molecule has 4 heteroatoms. The van der Waals surface area contributed by atoms with Crippen molar-refractivity contribution in [2.24, 2.45) is 0 Å². The van der Waals surface area contributed by atoms with Crippen molar-refractivity contribution in [3.8, 4) is 0 Å². The summed E-state index contributed by atoms with van der Waals surface area (Å²) in [4.78, 5) is 11.9. The van der Waals surface area contributed by atoms with Gasteiger partial charge in [-0.25, -0.2) is 0 Å². The Morgan fingerprint density at radius 1 is 1.50 bits per heavy atom. The minimum Gasteiger partial charge on any atom is -0.350 e. The lowest BCUT2D eigenvalue weighted by Gasteiger charge is -2.13. The molecule has 1 aromatic carbocycles. The number of aryl methyl sites for hydroxylation is 1. The summed E-state index contributed by atoms with van der Waals surface area (Å²) in [6.07, 6.45) is 0.757. The van der Waals surface area contributed by atoms with Crippen LogP contribution in [-0.4, -0.2) is 17.8 Å². The molecule has 1 atom stereocenters. The molecular formula is C12H15Cl2NO. The van der Waals surface area contributed by atoms with E-state index in [1.165, 1.54) is 0 Å². The van der Waals surface area contributed by atoms with Crippen molar-refractivity contribution in [3.05, 3.63) is 34.3 Å². The molecule has 2 nitrogen and oxygen atoms in total. The highest BCUT2D eigenvalue weighted by Gasteiger charge is 2.11. The number of hydrogen-bond donors (Lipinski definition) is 1. The maximum absolute atomic E-state index is 11.9. The molecule has 0 aliphatic carbocycles. The third kappa shape index (κ3) is 3.69. The summed E-state index contributed by atoms with van der Waals surface area (Å²) in [7, 11) is 0. The van der Waals surface area contributed by atoms with Crippen molar-refractivity contribution in [2.45, 2.75) is 26.3 Å². The fourth-order valence-corrected chi connectivity index (χ4v) is 1.88. The Kier molecular flexibility index (Phi) is 5.10. The number of carbonyl (C=O) groups excluding carboxylic acids is 1. The summed E-state index contributed by atoms with van der Waals surface area (Å²) >= 11 is 11.5. The predicted octanol–water partition coefficient (Wildman–Crippen LogP) is 3.40. The van der Waals surface area contributed by atoms with Crippen LogP contribution in [-0.2, 0) is 0 Å². The van der Waals surface area contributed by atoms with Crippen molar-refractivity contribution < 1.29 is 4.79 Å². The number of carbonyl (C=O) groups is 1. The van der Waals surface area contributed by atoms with Gasteiger partial charge in [-0.05, 0) is 38.0 Å². The molecule has 0 bridgehead atoms. The third-order valence-corrected chi connectivity index (χ3v) is 2.82. The van der Waals surface area contributed by atoms with Crippen molar-refractivity contribution in [1.82, 2.24) is 5.32 Å². The molecule has 1 aromatic rings. The van der Waals surface area contributed by atoms with Crippen molar-refractivity contribution in [3.63, 3.8) is 0 Å². The van der Waals surface area contributed by atoms with Crippen LogP contribution in [0.4, 0.5) is 0 Å². The molecule has 1 amide bonds. The monoisotopic (exact) mass is 259 g/mol. The first-order chi connectivity index (χ1) is 7.54. The number of nitrogens with one attached hydrogen (secondary N) is 1. The second-order valence-electron chi connectivity index (χ2n) is 3.81. The molecule has 88 valence electrons. The summed E-state index contributed by atoms with van der Waals surface area (Å²) in [5.74, 6) is 0.438. The molecule has 0 aliphatic heterocycles. The molecular weight excluding hydrogens is 245 g/mol. The van der Waals surface area contributed by atoms with Gasteiger partial charge in [-0.2, -0.15) is 0 Å². The molecule has 1 rings (SSSR count). The molecule has 0 spiro atoms. The molecule has 0 aliphatic rings. The highest BCUT2D eigenvalue weighted by molar-refractivity contribution is 6.31. The Bertz CT molecular complexity index is 379. The molecule has 0 saturated carbocycles. The second-order valence-corrected chi connectivity index (χ2v) is 4.63. The lowest BCUT2D eigenvalue weighted by Crippen LogP contribution is -2.33. The molecule has 16 heavy (non-hydrogen) atoms. The minimum absolute atomic E-state index is 0.0726. The van der Waals surface area contributed by atoms with E-state index in [1.54, 1.807) is 12.1 Å². The lowest BCUT2D eigenvalue weighted by molar-refractivity contribution is 0.0939. The van der Waals surface area contributed by atoms with Crippen LogP contribution in [0.3, 0.4) is 0 Å². The quantitative estimate of drug-likeness (QED) is 0.826. The van der Waals surface area contributed by atoms with Crippen LogP contribution < -0.4 is 5.32 Å². The number of halogens is 2. The Balaban J connectivity index is 2.76. The van der Waals surface area contributed by atoms with E-state index in [2.05, 4.69) is 5.32 Å². The lowest BCUT2D eigenvalue weighted by atomic mass is 10.1. The molecule has 0 radical (unpaired) electrons. The normalized spacial score (nSPS) is 12.2. The van der Waals surface area contributed by atoms with Gasteiger partial charge in [0.2, 0.25) is 0 Å². The number of benzene rings is 1. The Morgan fingerprint density at radius 3 is 2.81 bits per heavy atom. The zero-order valence-corrected chi connectivity index (χ0v) is 10.9. The summed E-state index contributed by atoms with van der Waals surface area (Å²) in [6.45, 7) is 3.82. The van der Waals surface area contributed by atoms with E-state index in [4.69, 9.17) is 23.2 Å². The van der Waals surface area contributed by atoms with Gasteiger partial charge in [0, 0.05) is 22.5 Å². The van der Waals surface area contributed by atoms with E-state index in [9.17, 15) is 4.79 Å². The molecule has 0 heterocycles. The number of amides is 1. The van der Waals surface area contributed by atoms with Crippen molar-refractivity contribution in [1.29, 1.82) is 0 Å². The Morgan fingerprint density at radius 2 is 2.19 bits per heavy atom. The van der Waals surface area contributed by atoms with Gasteiger partial charge in [-0.3, -0.25) is 4.79 Å². The van der Waals surface area contributed by atoms with Gasteiger partial charge in [-0.1, -0.05) is 17.7 Å². The third-order valence-electron chi connectivity index (χ3n) is 2.36. The second kappa shape index (κ2) is 6.12. The molecule has 0 aromatic heterocycles. The van der Waals surface area contributed by atoms with E-state index >= 15 is 0 Å². The zero-order chi connectivity index (χ0) is 12.1. The van der Waals surface area contributed by atoms with E-state index in [0.29, 0.717) is 16.5 Å². The maximum atomic E-state index is 11.9. The van der Waals surface area contributed by atoms with Crippen LogP contribution in [0.5, 0.6) is 0 Å². The van der Waals surface area contributed by atoms with E-state index in [1.807, 2.05) is 19.9 Å². The van der Waals surface area contributed by atoms with Crippen molar-refractivity contribution in [2.75, 3.05) is 5.88 Å². The van der Waals surface area contributed by atoms with Crippen LogP contribution in [0.2, 0.25) is 5.02 Å². The fourth-order valence-electron chi connectivity index (χ4n) is 1.38. The molecule has 1 unspecified atom stereocenters. The van der Waals surface area contributed by atoms with Gasteiger partial charge in [0.05, 0.1) is 0 Å². The van der Waals surface area contributed by atoms with Gasteiger partial charge >= 0.3 is 0 Å². The zero-order valence-electron chi connectivity index (χ0n) is 9.39. The van der Waals surface area contributed by atoms with Crippen LogP contribution in [0.1, 0.15) is 29.3 Å². The van der Waals surface area contributed by atoms with E-state index in [0.717, 1.165) is 12.0 Å². The first-order valence-electron chi connectivity index (χ1n) is 5.17. The minimum atomic E-state index is -0.0994. The van der Waals surface area contributed by atoms with Gasteiger partial charge < -0.3 is 5.32 Å². The van der Waals surface area contributed by atoms with E-state index < -0.39 is 0 Å². The summed E-state index contributed by atoms with van der Waals surface area (Å²) in [6, 6.07) is 5.36. The average molecular weight is 260 g/mol. The van der Waals surface area contributed by atoms with Gasteiger partial charge in [0.1, 0.15) is 0 Å². The molecule has 0 fully saturated rings. The van der Waals surface area contributed by atoms with Gasteiger partial charge in [0.25, 0.3) is 5.91 Å². The highest BCUT2D eigenvalue weighted by Crippen LogP contribution is 2.15. The van der Waals surface area contributed by atoms with Gasteiger partial charge in [-0.15, -0.1) is 11.6 Å². The van der Waals surface area contributed by atoms with Crippen LogP contribution in [0, 0.1) is 6.92 Å². The predicted molar refractivity (Wildman–Crippen MR) is 68.5 cm³/mol. The maximum Gasteiger partial charge on any atom is 0.251 e. The van der Waals surface area contributed by atoms with Crippen LogP contribution >= 0.6 is 23.2 Å². The number of alkyl halides is 1. The summed E-state index contributed by atoms with van der Waals surface area (Å²) in [5, 5.41) is 3.45. The number of hydrogen-bond acceptors (Lipinski definition) is 1. The fraction of sp³-hybridized carbons (Fsp3) is 0.417. The SMILES string of the molecule is Cc1ccc(Cl)cc1C(=O)NC(C)CCCl. The standard InChI is InChI=1S/C12H15Cl2NO/c1-8-3-4-10(14)7-11(8)12(16)15-9(2)5-6-13/h3-4,7,9H,5-6H2,1-2H3,(H,15,16). The van der Waals surface area contributed by atoms with Gasteiger partial charge in [0.15, 0.2) is 0 Å². The smallest absolute Gasteiger partial charge is 0.251 e. The van der Waals surface area contributed by atoms with E-state index in [-0.39, 0.29) is 11.9 Å². The molecule has 0 saturated heterocycles. The summed E-state index contributed by atoms with van der Waals surface area (Å²) in [5.41, 5.74) is 1.54. The Labute approximate surface area is 106 Å². The van der Waals surface area contributed by atoms with Crippen molar-refractivity contribution >= 4 is 29.1 Å². The first-order valence-corrected chi connectivity index (χ1v) is 6.09. The average Bonchev–Trinajstić information content (AvgIpc) is 2.21. The topological polar surface area (TPSA) is 29.1 Å². The number of rotatable bonds is 4. The summed E-state index contributed by atoms with van der Waals surface area (Å²) < 4.78 is 0. The van der Waals surface area contributed by atoms with Crippen LogP contribution in [0.25, 0.3) is 0 Å². The Hall–Kier alpha value is -0.730. The van der Waals surface area contributed by atoms with Crippen LogP contribution in [0.15, 0.2) is 18.2 Å². The molecule has 1 N–H and O–H groups in total. The highest BCUT2D eigenvalue weighted by atomic mass is 35.5.